The van der Waals surface area contributed by atoms with Crippen molar-refractivity contribution in [2.24, 2.45) is 5.92 Å². The normalized spacial score (nSPS) is 10.3. The van der Waals surface area contributed by atoms with Crippen LogP contribution in [-0.2, 0) is 0 Å². The number of amides is 1. The number of anilines is 1. The summed E-state index contributed by atoms with van der Waals surface area (Å²) in [6, 6.07) is 12.4. The summed E-state index contributed by atoms with van der Waals surface area (Å²) in [6.07, 6.45) is 1.68. The number of rotatable bonds is 8. The van der Waals surface area contributed by atoms with E-state index in [9.17, 15) is 4.79 Å². The summed E-state index contributed by atoms with van der Waals surface area (Å²) in [7, 11) is 0. The largest absolute Gasteiger partial charge is 0.492 e. The third kappa shape index (κ3) is 6.98. The summed E-state index contributed by atoms with van der Waals surface area (Å²) in [6.45, 7) is 8.81. The Bertz CT molecular complexity index is 838. The molecule has 0 aromatic heterocycles. The Morgan fingerprint density at radius 1 is 1.21 bits per heavy atom. The monoisotopic (exact) mass is 462 g/mol. The number of nitrogens with one attached hydrogen (secondary N) is 2. The maximum absolute atomic E-state index is 12.4. The first-order valence-corrected chi connectivity index (χ1v) is 9.97. The number of ether oxygens (including phenoxy) is 2. The third-order valence-electron chi connectivity index (χ3n) is 3.47. The van der Waals surface area contributed by atoms with Crippen molar-refractivity contribution in [1.82, 2.24) is 5.32 Å². The molecule has 2 aromatic rings. The van der Waals surface area contributed by atoms with Crippen LogP contribution in [0.3, 0.4) is 0 Å². The number of halogens is 1. The first-order chi connectivity index (χ1) is 13.4. The van der Waals surface area contributed by atoms with Gasteiger partial charge < -0.3 is 14.8 Å². The number of hydrogen-bond donors (Lipinski definition) is 2. The molecule has 0 aliphatic carbocycles. The van der Waals surface area contributed by atoms with Crippen molar-refractivity contribution in [2.75, 3.05) is 18.5 Å². The van der Waals surface area contributed by atoms with Crippen LogP contribution in [0, 0.1) is 5.92 Å². The summed E-state index contributed by atoms with van der Waals surface area (Å²) in [4.78, 5) is 12.4. The summed E-state index contributed by atoms with van der Waals surface area (Å²) in [5, 5.41) is 5.85. The van der Waals surface area contributed by atoms with Gasteiger partial charge in [-0.3, -0.25) is 10.1 Å². The highest BCUT2D eigenvalue weighted by molar-refractivity contribution is 9.10. The molecule has 2 rings (SSSR count). The number of thiocarbonyl (C=S) groups is 1. The van der Waals surface area contributed by atoms with Crippen molar-refractivity contribution in [2.45, 2.75) is 13.8 Å². The second-order valence-corrected chi connectivity index (χ2v) is 7.64. The molecule has 148 valence electrons. The average molecular weight is 463 g/mol. The quantitative estimate of drug-likeness (QED) is 0.418. The molecule has 0 atom stereocenters. The lowest BCUT2D eigenvalue weighted by molar-refractivity contribution is 0.0977. The molecule has 0 fully saturated rings. The topological polar surface area (TPSA) is 59.6 Å². The fourth-order valence-electron chi connectivity index (χ4n) is 2.14. The third-order valence-corrected chi connectivity index (χ3v) is 4.30. The van der Waals surface area contributed by atoms with Gasteiger partial charge in [-0.25, -0.2) is 0 Å². The summed E-state index contributed by atoms with van der Waals surface area (Å²) in [5.74, 6) is 1.54. The van der Waals surface area contributed by atoms with Crippen molar-refractivity contribution in [3.63, 3.8) is 0 Å². The molecule has 1 amide bonds. The Hall–Kier alpha value is -2.38. The zero-order valence-corrected chi connectivity index (χ0v) is 18.2. The van der Waals surface area contributed by atoms with Crippen LogP contribution in [0.1, 0.15) is 24.2 Å². The highest BCUT2D eigenvalue weighted by atomic mass is 79.9. The first-order valence-electron chi connectivity index (χ1n) is 8.77. The maximum atomic E-state index is 12.4. The second kappa shape index (κ2) is 10.8. The molecule has 0 unspecified atom stereocenters. The molecular formula is C21H23BrN2O3S. The lowest BCUT2D eigenvalue weighted by atomic mass is 10.2. The molecular weight excluding hydrogens is 440 g/mol. The van der Waals surface area contributed by atoms with Gasteiger partial charge in [0, 0.05) is 11.3 Å². The van der Waals surface area contributed by atoms with E-state index in [-0.39, 0.29) is 11.0 Å². The summed E-state index contributed by atoms with van der Waals surface area (Å²) in [5.41, 5.74) is 1.22. The van der Waals surface area contributed by atoms with Crippen molar-refractivity contribution < 1.29 is 14.3 Å². The number of carbonyl (C=O) groups excluding carboxylic acids is 1. The van der Waals surface area contributed by atoms with E-state index in [4.69, 9.17) is 21.7 Å². The van der Waals surface area contributed by atoms with E-state index >= 15 is 0 Å². The highest BCUT2D eigenvalue weighted by Gasteiger charge is 2.11. The summed E-state index contributed by atoms with van der Waals surface area (Å²) < 4.78 is 11.8. The van der Waals surface area contributed by atoms with Crippen molar-refractivity contribution in [3.05, 3.63) is 65.2 Å². The van der Waals surface area contributed by atoms with E-state index in [1.807, 2.05) is 24.3 Å². The molecule has 0 saturated heterocycles. The van der Waals surface area contributed by atoms with Gasteiger partial charge in [-0.1, -0.05) is 26.5 Å². The van der Waals surface area contributed by atoms with Gasteiger partial charge in [0.15, 0.2) is 5.11 Å². The molecule has 0 bridgehead atoms. The van der Waals surface area contributed by atoms with Gasteiger partial charge in [-0.2, -0.15) is 0 Å². The Kier molecular flexibility index (Phi) is 8.47. The van der Waals surface area contributed by atoms with Crippen molar-refractivity contribution in [3.8, 4) is 11.5 Å². The van der Waals surface area contributed by atoms with Crippen LogP contribution in [0.4, 0.5) is 5.69 Å². The molecule has 2 aromatic carbocycles. The van der Waals surface area contributed by atoms with Crippen LogP contribution in [0.2, 0.25) is 0 Å². The predicted molar refractivity (Wildman–Crippen MR) is 120 cm³/mol. The fraction of sp³-hybridized carbons (Fsp3) is 0.238. The molecule has 0 radical (unpaired) electrons. The summed E-state index contributed by atoms with van der Waals surface area (Å²) >= 11 is 8.66. The van der Waals surface area contributed by atoms with E-state index < -0.39 is 0 Å². The van der Waals surface area contributed by atoms with Crippen LogP contribution in [-0.4, -0.2) is 24.2 Å². The van der Waals surface area contributed by atoms with E-state index in [0.29, 0.717) is 30.4 Å². The van der Waals surface area contributed by atoms with E-state index in [0.717, 1.165) is 15.9 Å². The average Bonchev–Trinajstić information content (AvgIpc) is 2.66. The van der Waals surface area contributed by atoms with E-state index in [1.54, 1.807) is 24.3 Å². The molecule has 0 aliphatic rings. The van der Waals surface area contributed by atoms with Crippen LogP contribution in [0.5, 0.6) is 11.5 Å². The Balaban J connectivity index is 1.92. The first kappa shape index (κ1) is 21.9. The molecule has 0 saturated carbocycles. The minimum atomic E-state index is -0.306. The molecule has 2 N–H and O–H groups in total. The predicted octanol–water partition coefficient (Wildman–Crippen LogP) is 5.18. The fourth-order valence-corrected chi connectivity index (χ4v) is 2.85. The second-order valence-electron chi connectivity index (χ2n) is 6.38. The Labute approximate surface area is 179 Å². The van der Waals surface area contributed by atoms with Crippen LogP contribution in [0.25, 0.3) is 0 Å². The van der Waals surface area contributed by atoms with Gasteiger partial charge in [-0.05, 0) is 76.5 Å². The van der Waals surface area contributed by atoms with Gasteiger partial charge >= 0.3 is 0 Å². The Morgan fingerprint density at radius 3 is 2.54 bits per heavy atom. The zero-order valence-electron chi connectivity index (χ0n) is 15.8. The standard InChI is InChI=1S/C21H23BrN2O3S/c1-4-11-26-17-8-6-16(7-9-17)23-21(28)24-20(25)15-5-10-19(18(22)12-15)27-13-14(2)3/h4-10,12,14H,1,11,13H2,2-3H3,(H2,23,24,25,28). The molecule has 0 spiro atoms. The van der Waals surface area contributed by atoms with Gasteiger partial charge in [0.1, 0.15) is 18.1 Å². The molecule has 5 nitrogen and oxygen atoms in total. The molecule has 28 heavy (non-hydrogen) atoms. The van der Waals surface area contributed by atoms with Crippen LogP contribution >= 0.6 is 28.1 Å². The SMILES string of the molecule is C=CCOc1ccc(NC(=S)NC(=O)c2ccc(OCC(C)C)c(Br)c2)cc1. The minimum Gasteiger partial charge on any atom is -0.492 e. The molecule has 7 heteroatoms. The highest BCUT2D eigenvalue weighted by Crippen LogP contribution is 2.26. The maximum Gasteiger partial charge on any atom is 0.257 e. The molecule has 0 aliphatic heterocycles. The van der Waals surface area contributed by atoms with Crippen molar-refractivity contribution >= 4 is 44.9 Å². The van der Waals surface area contributed by atoms with Crippen LogP contribution < -0.4 is 20.1 Å². The van der Waals surface area contributed by atoms with E-state index in [2.05, 4.69) is 47.0 Å². The number of carbonyl (C=O) groups is 1. The zero-order chi connectivity index (χ0) is 20.5. The number of benzene rings is 2. The molecule has 0 heterocycles. The lowest BCUT2D eigenvalue weighted by Crippen LogP contribution is -2.34. The van der Waals surface area contributed by atoms with Crippen molar-refractivity contribution in [1.29, 1.82) is 0 Å². The van der Waals surface area contributed by atoms with Gasteiger partial charge in [-0.15, -0.1) is 0 Å². The lowest BCUT2D eigenvalue weighted by Gasteiger charge is -2.13. The van der Waals surface area contributed by atoms with Gasteiger partial charge in [0.2, 0.25) is 0 Å². The van der Waals surface area contributed by atoms with Crippen LogP contribution in [0.15, 0.2) is 59.6 Å². The number of hydrogen-bond acceptors (Lipinski definition) is 4. The minimum absolute atomic E-state index is 0.209. The smallest absolute Gasteiger partial charge is 0.257 e. The van der Waals surface area contributed by atoms with E-state index in [1.165, 1.54) is 0 Å². The Morgan fingerprint density at radius 2 is 1.93 bits per heavy atom. The van der Waals surface area contributed by atoms with Gasteiger partial charge in [0.25, 0.3) is 5.91 Å². The van der Waals surface area contributed by atoms with Gasteiger partial charge in [0.05, 0.1) is 11.1 Å².